The first-order valence-corrected chi connectivity index (χ1v) is 14.7. The number of rotatable bonds is 8. The number of nitrogens with one attached hydrogen (secondary N) is 4. The summed E-state index contributed by atoms with van der Waals surface area (Å²) in [7, 11) is -3.83. The minimum atomic E-state index is -3.83. The Morgan fingerprint density at radius 2 is 1.74 bits per heavy atom. The molecule has 39 heavy (non-hydrogen) atoms. The van der Waals surface area contributed by atoms with E-state index in [0.717, 1.165) is 24.2 Å². The Labute approximate surface area is 229 Å². The van der Waals surface area contributed by atoms with Crippen molar-refractivity contribution in [3.8, 4) is 5.75 Å². The number of benzene rings is 1. The van der Waals surface area contributed by atoms with E-state index in [4.69, 9.17) is 14.4 Å². The van der Waals surface area contributed by atoms with Crippen LogP contribution in [-0.2, 0) is 10.0 Å². The molecule has 210 valence electrons. The van der Waals surface area contributed by atoms with Crippen LogP contribution >= 0.6 is 0 Å². The van der Waals surface area contributed by atoms with Crippen molar-refractivity contribution in [3.05, 3.63) is 41.9 Å². The van der Waals surface area contributed by atoms with E-state index in [0.29, 0.717) is 48.9 Å². The largest absolute Gasteiger partial charge is 0.504 e. The van der Waals surface area contributed by atoms with Crippen LogP contribution in [0.4, 0.5) is 29.0 Å². The van der Waals surface area contributed by atoms with Crippen LogP contribution in [0.2, 0.25) is 0 Å². The molecule has 1 saturated heterocycles. The Bertz CT molecular complexity index is 1460. The molecular formula is C27H37N7O4S. The highest BCUT2D eigenvalue weighted by Crippen LogP contribution is 2.42. The van der Waals surface area contributed by atoms with Crippen LogP contribution < -0.4 is 21.3 Å². The highest BCUT2D eigenvalue weighted by atomic mass is 32.2. The van der Waals surface area contributed by atoms with Crippen LogP contribution in [0, 0.1) is 5.41 Å². The molecule has 11 nitrogen and oxygen atoms in total. The Morgan fingerprint density at radius 1 is 1.08 bits per heavy atom. The molecule has 5 rings (SSSR count). The average molecular weight is 556 g/mol. The van der Waals surface area contributed by atoms with Gasteiger partial charge in [0, 0.05) is 13.1 Å². The second-order valence-electron chi connectivity index (χ2n) is 11.4. The first kappa shape index (κ1) is 27.1. The molecule has 12 heteroatoms. The van der Waals surface area contributed by atoms with E-state index in [-0.39, 0.29) is 27.8 Å². The van der Waals surface area contributed by atoms with Gasteiger partial charge >= 0.3 is 0 Å². The van der Waals surface area contributed by atoms with Gasteiger partial charge in [0.05, 0.1) is 24.7 Å². The van der Waals surface area contributed by atoms with E-state index in [1.165, 1.54) is 10.4 Å². The molecule has 0 amide bonds. The van der Waals surface area contributed by atoms with Crippen molar-refractivity contribution >= 4 is 39.0 Å². The minimum Gasteiger partial charge on any atom is -0.504 e. The first-order chi connectivity index (χ1) is 18.4. The molecule has 0 saturated carbocycles. The fourth-order valence-electron chi connectivity index (χ4n) is 4.78. The molecule has 5 N–H and O–H groups in total. The average Bonchev–Trinajstić information content (AvgIpc) is 3.64. The molecule has 0 spiro atoms. The first-order valence-electron chi connectivity index (χ1n) is 13.3. The quantitative estimate of drug-likeness (QED) is 0.228. The Balaban J connectivity index is 1.52. The molecule has 2 aliphatic heterocycles. The predicted octanol–water partition coefficient (Wildman–Crippen LogP) is 5.42. The number of para-hydroxylation sites is 1. The van der Waals surface area contributed by atoms with Gasteiger partial charge in [0.15, 0.2) is 29.0 Å². The van der Waals surface area contributed by atoms with Gasteiger partial charge in [-0.3, -0.25) is 0 Å². The number of aromatic hydroxyl groups is 1. The lowest BCUT2D eigenvalue weighted by Crippen LogP contribution is -2.28. The summed E-state index contributed by atoms with van der Waals surface area (Å²) < 4.78 is 33.8. The van der Waals surface area contributed by atoms with Crippen molar-refractivity contribution in [1.82, 2.24) is 14.3 Å². The van der Waals surface area contributed by atoms with Crippen molar-refractivity contribution in [1.29, 1.82) is 0 Å². The lowest BCUT2D eigenvalue weighted by atomic mass is 9.85. The molecule has 1 aromatic carbocycles. The van der Waals surface area contributed by atoms with E-state index in [9.17, 15) is 13.5 Å². The Hall–Kier alpha value is -3.51. The van der Waals surface area contributed by atoms with Gasteiger partial charge < -0.3 is 30.8 Å². The van der Waals surface area contributed by atoms with Crippen LogP contribution in [0.1, 0.15) is 70.7 Å². The van der Waals surface area contributed by atoms with E-state index in [1.54, 1.807) is 18.4 Å². The second-order valence-corrected chi connectivity index (χ2v) is 13.3. The van der Waals surface area contributed by atoms with Crippen molar-refractivity contribution in [2.24, 2.45) is 5.41 Å². The van der Waals surface area contributed by atoms with Crippen LogP contribution in [-0.4, -0.2) is 47.6 Å². The second kappa shape index (κ2) is 10.2. The van der Waals surface area contributed by atoms with Crippen LogP contribution in [0.15, 0.2) is 39.8 Å². The van der Waals surface area contributed by atoms with Gasteiger partial charge in [-0.25, -0.2) is 18.4 Å². The number of anilines is 5. The third kappa shape index (κ3) is 5.35. The number of aromatic nitrogens is 2. The van der Waals surface area contributed by atoms with E-state index in [2.05, 4.69) is 62.0 Å². The summed E-state index contributed by atoms with van der Waals surface area (Å²) in [6.45, 7) is 11.9. The van der Waals surface area contributed by atoms with Gasteiger partial charge in [-0.15, -0.1) is 0 Å². The summed E-state index contributed by atoms with van der Waals surface area (Å²) in [4.78, 5) is 9.35. The topological polar surface area (TPSA) is 145 Å². The van der Waals surface area contributed by atoms with Crippen molar-refractivity contribution in [3.63, 3.8) is 0 Å². The SMILES string of the molecule is CC(C)c1coc([C@H](Nc2nc3c(nc2Nc2cccc(S(=O)(=O)N4CCCC4)c2O)NCN3)C(C)(C)C)c1. The summed E-state index contributed by atoms with van der Waals surface area (Å²) in [5.41, 5.74) is 1.05. The van der Waals surface area contributed by atoms with Gasteiger partial charge in [-0.2, -0.15) is 4.31 Å². The van der Waals surface area contributed by atoms with Crippen LogP contribution in [0.5, 0.6) is 5.75 Å². The molecule has 2 aromatic heterocycles. The van der Waals surface area contributed by atoms with Gasteiger partial charge in [-0.1, -0.05) is 40.7 Å². The normalized spacial score (nSPS) is 16.6. The summed E-state index contributed by atoms with van der Waals surface area (Å²) in [6.07, 6.45) is 3.40. The molecule has 1 atom stereocenters. The number of fused-ring (bicyclic) bond motifs is 1. The van der Waals surface area contributed by atoms with Crippen molar-refractivity contribution in [2.75, 3.05) is 41.0 Å². The number of hydrogen-bond donors (Lipinski definition) is 5. The molecular weight excluding hydrogens is 518 g/mol. The summed E-state index contributed by atoms with van der Waals surface area (Å²) in [5.74, 6) is 2.64. The molecule has 2 aliphatic rings. The number of nitrogens with zero attached hydrogens (tertiary/aromatic N) is 3. The molecule has 0 unspecified atom stereocenters. The van der Waals surface area contributed by atoms with Crippen LogP contribution in [0.25, 0.3) is 0 Å². The van der Waals surface area contributed by atoms with Crippen molar-refractivity contribution < 1.29 is 17.9 Å². The van der Waals surface area contributed by atoms with Gasteiger partial charge in [-0.05, 0) is 47.9 Å². The van der Waals surface area contributed by atoms with Crippen molar-refractivity contribution in [2.45, 2.75) is 64.3 Å². The molecule has 3 aromatic rings. The Kier molecular flexibility index (Phi) is 7.10. The highest BCUT2D eigenvalue weighted by molar-refractivity contribution is 7.89. The van der Waals surface area contributed by atoms with Gasteiger partial charge in [0.25, 0.3) is 0 Å². The molecule has 0 radical (unpaired) electrons. The zero-order chi connectivity index (χ0) is 27.9. The van der Waals surface area contributed by atoms with Gasteiger partial charge in [0.1, 0.15) is 10.7 Å². The fraction of sp³-hybridized carbons (Fsp3) is 0.481. The summed E-state index contributed by atoms with van der Waals surface area (Å²) >= 11 is 0. The molecule has 1 fully saturated rings. The minimum absolute atomic E-state index is 0.137. The zero-order valence-corrected chi connectivity index (χ0v) is 23.8. The third-order valence-corrected chi connectivity index (χ3v) is 9.01. The van der Waals surface area contributed by atoms with E-state index >= 15 is 0 Å². The number of furan rings is 1. The molecule has 0 aliphatic carbocycles. The van der Waals surface area contributed by atoms with Crippen LogP contribution in [0.3, 0.4) is 0 Å². The maximum atomic E-state index is 13.2. The van der Waals surface area contributed by atoms with E-state index < -0.39 is 10.0 Å². The standard InChI is InChI=1S/C27H37N7O4S/c1-16(2)17-13-19(38-14-17)22(27(3,4)5)31-26-25(32-23-24(33-26)29-15-28-23)30-18-9-8-10-20(21(18)35)39(36,37)34-11-6-7-12-34/h8-10,13-14,16,22,35H,6-7,11-12,15H2,1-5H3,(H2,28,30,32)(H2,29,31,33)/t22-/m0/s1. The number of hydrogen-bond acceptors (Lipinski definition) is 10. The maximum Gasteiger partial charge on any atom is 0.246 e. The lowest BCUT2D eigenvalue weighted by molar-refractivity contribution is 0.303. The number of sulfonamides is 1. The zero-order valence-electron chi connectivity index (χ0n) is 23.0. The highest BCUT2D eigenvalue weighted by Gasteiger charge is 2.33. The molecule has 4 heterocycles. The lowest BCUT2D eigenvalue weighted by Gasteiger charge is -2.31. The van der Waals surface area contributed by atoms with Gasteiger partial charge in [0.2, 0.25) is 10.0 Å². The molecule has 0 bridgehead atoms. The predicted molar refractivity (Wildman–Crippen MR) is 152 cm³/mol. The summed E-state index contributed by atoms with van der Waals surface area (Å²) in [6, 6.07) is 6.44. The Morgan fingerprint density at radius 3 is 2.36 bits per heavy atom. The summed E-state index contributed by atoms with van der Waals surface area (Å²) in [5, 5.41) is 24.0. The number of phenols is 1. The smallest absolute Gasteiger partial charge is 0.246 e. The number of phenolic OH excluding ortho intramolecular Hbond substituents is 1. The van der Waals surface area contributed by atoms with E-state index in [1.807, 2.05) is 0 Å². The fourth-order valence-corrected chi connectivity index (χ4v) is 6.40. The monoisotopic (exact) mass is 555 g/mol. The maximum absolute atomic E-state index is 13.2. The third-order valence-electron chi connectivity index (χ3n) is 7.08.